The van der Waals surface area contributed by atoms with Gasteiger partial charge in [0, 0.05) is 14.2 Å². The van der Waals surface area contributed by atoms with Gasteiger partial charge in [-0.2, -0.15) is 0 Å². The molecule has 22 heavy (non-hydrogen) atoms. The molecule has 0 atom stereocenters. The van der Waals surface area contributed by atoms with Crippen molar-refractivity contribution >= 4 is 12.6 Å². The van der Waals surface area contributed by atoms with E-state index in [1.54, 1.807) is 7.11 Å². The Labute approximate surface area is 133 Å². The monoisotopic (exact) mass is 304 g/mol. The van der Waals surface area contributed by atoms with E-state index in [2.05, 4.69) is 24.3 Å². The highest BCUT2D eigenvalue weighted by molar-refractivity contribution is 6.61. The number of ether oxygens (including phenoxy) is 2. The quantitative estimate of drug-likeness (QED) is 0.799. The van der Waals surface area contributed by atoms with E-state index in [1.165, 1.54) is 18.4 Å². The van der Waals surface area contributed by atoms with E-state index in [1.807, 2.05) is 7.11 Å². The van der Waals surface area contributed by atoms with Crippen LogP contribution in [-0.4, -0.2) is 46.8 Å². The third kappa shape index (κ3) is 3.71. The van der Waals surface area contributed by atoms with E-state index in [0.29, 0.717) is 25.2 Å². The summed E-state index contributed by atoms with van der Waals surface area (Å²) in [5, 5.41) is 0. The normalized spacial score (nSPS) is 27.1. The zero-order chi connectivity index (χ0) is 15.4. The van der Waals surface area contributed by atoms with E-state index < -0.39 is 0 Å². The first-order valence-corrected chi connectivity index (χ1v) is 8.18. The molecule has 0 bridgehead atoms. The van der Waals surface area contributed by atoms with Crippen molar-refractivity contribution in [3.05, 3.63) is 29.8 Å². The lowest BCUT2D eigenvalue weighted by molar-refractivity contribution is -0.0186. The maximum Gasteiger partial charge on any atom is 0.494 e. The van der Waals surface area contributed by atoms with Crippen LogP contribution in [0.1, 0.15) is 37.2 Å². The Hall–Kier alpha value is -0.875. The average molecular weight is 304 g/mol. The van der Waals surface area contributed by atoms with Crippen molar-refractivity contribution in [2.24, 2.45) is 0 Å². The predicted octanol–water partition coefficient (Wildman–Crippen LogP) is 2.12. The topological polar surface area (TPSA) is 36.9 Å². The summed E-state index contributed by atoms with van der Waals surface area (Å²) in [6.45, 7) is 1.17. The Morgan fingerprint density at radius 3 is 2.00 bits per heavy atom. The standard InChI is InChI=1S/C17H25BO4/c1-19-16-9-5-14(6-10-16)13-3-7-15(8-4-13)18-21-11-17(20-2)12-22-18/h3-4,7-8,14,16-17H,5-6,9-12H2,1-2H3. The lowest BCUT2D eigenvalue weighted by Crippen LogP contribution is -2.46. The minimum Gasteiger partial charge on any atom is -0.404 e. The molecule has 1 heterocycles. The van der Waals surface area contributed by atoms with Gasteiger partial charge >= 0.3 is 7.12 Å². The summed E-state index contributed by atoms with van der Waals surface area (Å²) in [7, 11) is 3.24. The van der Waals surface area contributed by atoms with Crippen molar-refractivity contribution < 1.29 is 18.8 Å². The highest BCUT2D eigenvalue weighted by atomic mass is 16.6. The number of rotatable bonds is 4. The Morgan fingerprint density at radius 1 is 0.864 bits per heavy atom. The number of hydrogen-bond acceptors (Lipinski definition) is 4. The summed E-state index contributed by atoms with van der Waals surface area (Å²) in [6.07, 6.45) is 5.25. The molecular weight excluding hydrogens is 279 g/mol. The summed E-state index contributed by atoms with van der Waals surface area (Å²) >= 11 is 0. The Morgan fingerprint density at radius 2 is 1.45 bits per heavy atom. The zero-order valence-corrected chi connectivity index (χ0v) is 13.5. The molecule has 120 valence electrons. The van der Waals surface area contributed by atoms with Crippen LogP contribution in [0, 0.1) is 0 Å². The fourth-order valence-electron chi connectivity index (χ4n) is 3.37. The van der Waals surface area contributed by atoms with Gasteiger partial charge in [0.1, 0.15) is 6.10 Å². The van der Waals surface area contributed by atoms with Crippen molar-refractivity contribution in [2.45, 2.75) is 43.8 Å². The molecule has 0 amide bonds. The third-order valence-corrected chi connectivity index (χ3v) is 4.89. The summed E-state index contributed by atoms with van der Waals surface area (Å²) in [5.74, 6) is 0.659. The largest absolute Gasteiger partial charge is 0.494 e. The van der Waals surface area contributed by atoms with Gasteiger partial charge in [0.25, 0.3) is 0 Å². The molecule has 3 rings (SSSR count). The van der Waals surface area contributed by atoms with Crippen LogP contribution >= 0.6 is 0 Å². The molecule has 0 N–H and O–H groups in total. The Kier molecular flexibility index (Phi) is 5.53. The first-order chi connectivity index (χ1) is 10.8. The number of hydrogen-bond donors (Lipinski definition) is 0. The smallest absolute Gasteiger partial charge is 0.404 e. The third-order valence-electron chi connectivity index (χ3n) is 4.89. The van der Waals surface area contributed by atoms with Crippen LogP contribution in [0.15, 0.2) is 24.3 Å². The molecule has 0 aromatic heterocycles. The van der Waals surface area contributed by atoms with Gasteiger partial charge in [-0.3, -0.25) is 0 Å². The molecule has 0 radical (unpaired) electrons. The van der Waals surface area contributed by atoms with Gasteiger partial charge in [-0.25, -0.2) is 0 Å². The molecule has 1 saturated heterocycles. The predicted molar refractivity (Wildman–Crippen MR) is 86.5 cm³/mol. The summed E-state index contributed by atoms with van der Waals surface area (Å²) < 4.78 is 22.1. The first-order valence-electron chi connectivity index (χ1n) is 8.18. The van der Waals surface area contributed by atoms with E-state index >= 15 is 0 Å². The maximum atomic E-state index is 5.72. The summed E-state index contributed by atoms with van der Waals surface area (Å²) in [5.41, 5.74) is 2.51. The minimum atomic E-state index is -0.260. The van der Waals surface area contributed by atoms with Gasteiger partial charge in [0.2, 0.25) is 0 Å². The second kappa shape index (κ2) is 7.60. The van der Waals surface area contributed by atoms with Crippen LogP contribution in [0.4, 0.5) is 0 Å². The van der Waals surface area contributed by atoms with Gasteiger partial charge in [-0.05, 0) is 42.6 Å². The van der Waals surface area contributed by atoms with Gasteiger partial charge in [-0.15, -0.1) is 0 Å². The lowest BCUT2D eigenvalue weighted by Gasteiger charge is -2.28. The van der Waals surface area contributed by atoms with Crippen molar-refractivity contribution in [2.75, 3.05) is 27.4 Å². The average Bonchev–Trinajstić information content (AvgIpc) is 2.62. The Balaban J connectivity index is 1.57. The second-order valence-corrected chi connectivity index (χ2v) is 6.23. The van der Waals surface area contributed by atoms with Crippen LogP contribution in [0.5, 0.6) is 0 Å². The fraction of sp³-hybridized carbons (Fsp3) is 0.647. The summed E-state index contributed by atoms with van der Waals surface area (Å²) in [4.78, 5) is 0. The van der Waals surface area contributed by atoms with E-state index in [9.17, 15) is 0 Å². The van der Waals surface area contributed by atoms with Gasteiger partial charge in [-0.1, -0.05) is 24.3 Å². The number of methoxy groups -OCH3 is 2. The maximum absolute atomic E-state index is 5.72. The Bertz CT molecular complexity index is 405. The van der Waals surface area contributed by atoms with Crippen LogP contribution < -0.4 is 5.46 Å². The van der Waals surface area contributed by atoms with Crippen molar-refractivity contribution in [1.29, 1.82) is 0 Å². The molecular formula is C17H25BO4. The molecule has 1 aliphatic heterocycles. The highest BCUT2D eigenvalue weighted by Gasteiger charge is 2.29. The summed E-state index contributed by atoms with van der Waals surface area (Å²) in [6, 6.07) is 8.72. The van der Waals surface area contributed by atoms with Gasteiger partial charge in [0.05, 0.1) is 19.3 Å². The van der Waals surface area contributed by atoms with Crippen molar-refractivity contribution in [1.82, 2.24) is 0 Å². The molecule has 1 saturated carbocycles. The SMILES string of the molecule is COC1CCC(c2ccc(B3OCC(OC)CO3)cc2)CC1. The molecule has 2 fully saturated rings. The fourth-order valence-corrected chi connectivity index (χ4v) is 3.37. The van der Waals surface area contributed by atoms with Crippen LogP contribution in [0.3, 0.4) is 0 Å². The molecule has 5 heteroatoms. The van der Waals surface area contributed by atoms with E-state index in [0.717, 1.165) is 18.3 Å². The minimum absolute atomic E-state index is 0.0477. The van der Waals surface area contributed by atoms with Gasteiger partial charge < -0.3 is 18.8 Å². The van der Waals surface area contributed by atoms with Crippen LogP contribution in [0.25, 0.3) is 0 Å². The van der Waals surface area contributed by atoms with Crippen LogP contribution in [0.2, 0.25) is 0 Å². The highest BCUT2D eigenvalue weighted by Crippen LogP contribution is 2.33. The molecule has 1 aromatic rings. The van der Waals surface area contributed by atoms with Crippen LogP contribution in [-0.2, 0) is 18.8 Å². The van der Waals surface area contributed by atoms with Gasteiger partial charge in [0.15, 0.2) is 0 Å². The molecule has 1 aromatic carbocycles. The van der Waals surface area contributed by atoms with Crippen molar-refractivity contribution in [3.8, 4) is 0 Å². The molecule has 1 aliphatic carbocycles. The van der Waals surface area contributed by atoms with Crippen molar-refractivity contribution in [3.63, 3.8) is 0 Å². The second-order valence-electron chi connectivity index (χ2n) is 6.23. The molecule has 4 nitrogen and oxygen atoms in total. The van der Waals surface area contributed by atoms with E-state index in [4.69, 9.17) is 18.8 Å². The van der Waals surface area contributed by atoms with E-state index in [-0.39, 0.29) is 13.2 Å². The molecule has 0 unspecified atom stereocenters. The number of benzene rings is 1. The lowest BCUT2D eigenvalue weighted by atomic mass is 9.76. The molecule has 0 spiro atoms. The first kappa shape index (κ1) is 16.0. The molecule has 2 aliphatic rings. The zero-order valence-electron chi connectivity index (χ0n) is 13.5.